The Hall–Kier alpha value is -2.05. The lowest BCUT2D eigenvalue weighted by atomic mass is 10.1. The molecule has 1 fully saturated rings. The lowest BCUT2D eigenvalue weighted by Crippen LogP contribution is -2.36. The summed E-state index contributed by atoms with van der Waals surface area (Å²) in [5.41, 5.74) is -1.10. The first-order chi connectivity index (χ1) is 9.81. The summed E-state index contributed by atoms with van der Waals surface area (Å²) in [4.78, 5) is 24.1. The van der Waals surface area contributed by atoms with Crippen molar-refractivity contribution in [1.29, 1.82) is 0 Å². The average molecular weight is 298 g/mol. The number of benzene rings is 1. The van der Waals surface area contributed by atoms with E-state index in [-0.39, 0.29) is 12.0 Å². The lowest BCUT2D eigenvalue weighted by Gasteiger charge is -2.24. The molecule has 1 aromatic rings. The average Bonchev–Trinajstić information content (AvgIpc) is 3.21. The van der Waals surface area contributed by atoms with Gasteiger partial charge in [0.2, 0.25) is 0 Å². The molecule has 0 aromatic heterocycles. The standard InChI is InChI=1S/C14H16F2N2O3/c1-8(2)7-17(9-3-4-9)14(19)10-5-11(15)12(16)6-13(10)18(20)21/h5-6,8-9H,3-4,7H2,1-2H3. The van der Waals surface area contributed by atoms with Gasteiger partial charge in [-0.1, -0.05) is 13.8 Å². The molecule has 7 heteroatoms. The maximum Gasteiger partial charge on any atom is 0.285 e. The van der Waals surface area contributed by atoms with Crippen LogP contribution in [-0.2, 0) is 0 Å². The highest BCUT2D eigenvalue weighted by molar-refractivity contribution is 5.98. The third-order valence-electron chi connectivity index (χ3n) is 3.28. The molecule has 114 valence electrons. The molecule has 0 heterocycles. The number of nitrogens with zero attached hydrogens (tertiary/aromatic N) is 2. The van der Waals surface area contributed by atoms with E-state index in [2.05, 4.69) is 0 Å². The van der Waals surface area contributed by atoms with Crippen molar-refractivity contribution in [3.63, 3.8) is 0 Å². The van der Waals surface area contributed by atoms with Gasteiger partial charge in [0.05, 0.1) is 11.0 Å². The molecule has 2 rings (SSSR count). The summed E-state index contributed by atoms with van der Waals surface area (Å²) >= 11 is 0. The summed E-state index contributed by atoms with van der Waals surface area (Å²) in [6, 6.07) is 1.11. The molecule has 1 saturated carbocycles. The van der Waals surface area contributed by atoms with Crippen LogP contribution in [0.5, 0.6) is 0 Å². The van der Waals surface area contributed by atoms with E-state index in [1.807, 2.05) is 13.8 Å². The predicted molar refractivity (Wildman–Crippen MR) is 71.9 cm³/mol. The molecule has 5 nitrogen and oxygen atoms in total. The SMILES string of the molecule is CC(C)CN(C(=O)c1cc(F)c(F)cc1[N+](=O)[O-])C1CC1. The molecule has 1 aliphatic rings. The predicted octanol–water partition coefficient (Wildman–Crippen LogP) is 3.13. The molecule has 0 saturated heterocycles. The minimum atomic E-state index is -1.33. The van der Waals surface area contributed by atoms with Crippen LogP contribution in [0, 0.1) is 27.7 Å². The topological polar surface area (TPSA) is 63.5 Å². The lowest BCUT2D eigenvalue weighted by molar-refractivity contribution is -0.385. The molecule has 1 aliphatic carbocycles. The van der Waals surface area contributed by atoms with Crippen molar-refractivity contribution in [3.05, 3.63) is 39.4 Å². The summed E-state index contributed by atoms with van der Waals surface area (Å²) in [6.07, 6.45) is 1.66. The highest BCUT2D eigenvalue weighted by Gasteiger charge is 2.36. The Morgan fingerprint density at radius 1 is 1.38 bits per heavy atom. The molecular formula is C14H16F2N2O3. The zero-order valence-electron chi connectivity index (χ0n) is 11.8. The van der Waals surface area contributed by atoms with Crippen LogP contribution in [0.15, 0.2) is 12.1 Å². The minimum absolute atomic E-state index is 0.0348. The van der Waals surface area contributed by atoms with Gasteiger partial charge in [-0.15, -0.1) is 0 Å². The van der Waals surface area contributed by atoms with Gasteiger partial charge in [0, 0.05) is 12.6 Å². The number of rotatable bonds is 5. The van der Waals surface area contributed by atoms with Crippen LogP contribution in [0.3, 0.4) is 0 Å². The zero-order valence-corrected chi connectivity index (χ0v) is 11.8. The van der Waals surface area contributed by atoms with E-state index in [4.69, 9.17) is 0 Å². The Morgan fingerprint density at radius 2 is 1.95 bits per heavy atom. The molecule has 0 atom stereocenters. The van der Waals surface area contributed by atoms with Crippen molar-refractivity contribution in [3.8, 4) is 0 Å². The molecule has 1 amide bonds. The van der Waals surface area contributed by atoms with Crippen LogP contribution >= 0.6 is 0 Å². The highest BCUT2D eigenvalue weighted by Crippen LogP contribution is 2.31. The van der Waals surface area contributed by atoms with Crippen molar-refractivity contribution < 1.29 is 18.5 Å². The largest absolute Gasteiger partial charge is 0.335 e. The number of carbonyl (C=O) groups excluding carboxylic acids is 1. The fourth-order valence-corrected chi connectivity index (χ4v) is 2.19. The normalized spacial score (nSPS) is 14.3. The second-order valence-corrected chi connectivity index (χ2v) is 5.62. The molecule has 0 spiro atoms. The number of nitro groups is 1. The van der Waals surface area contributed by atoms with Gasteiger partial charge in [-0.25, -0.2) is 8.78 Å². The van der Waals surface area contributed by atoms with Crippen molar-refractivity contribution in [1.82, 2.24) is 4.90 Å². The molecule has 0 radical (unpaired) electrons. The quantitative estimate of drug-likeness (QED) is 0.619. The Labute approximate surface area is 120 Å². The van der Waals surface area contributed by atoms with Gasteiger partial charge in [-0.2, -0.15) is 0 Å². The number of halogens is 2. The number of hydrogen-bond acceptors (Lipinski definition) is 3. The van der Waals surface area contributed by atoms with Crippen LogP contribution < -0.4 is 0 Å². The Morgan fingerprint density at radius 3 is 2.43 bits per heavy atom. The fraction of sp³-hybridized carbons (Fsp3) is 0.500. The van der Waals surface area contributed by atoms with Crippen LogP contribution in [-0.4, -0.2) is 28.3 Å². The van der Waals surface area contributed by atoms with Gasteiger partial charge in [-0.3, -0.25) is 14.9 Å². The summed E-state index contributed by atoms with van der Waals surface area (Å²) < 4.78 is 26.5. The fourth-order valence-electron chi connectivity index (χ4n) is 2.19. The Kier molecular flexibility index (Phi) is 4.20. The van der Waals surface area contributed by atoms with Crippen LogP contribution in [0.2, 0.25) is 0 Å². The van der Waals surface area contributed by atoms with E-state index in [1.54, 1.807) is 0 Å². The maximum absolute atomic E-state index is 13.4. The van der Waals surface area contributed by atoms with Gasteiger partial charge in [0.1, 0.15) is 5.56 Å². The third kappa shape index (κ3) is 3.34. The van der Waals surface area contributed by atoms with Crippen molar-refractivity contribution in [2.24, 2.45) is 5.92 Å². The summed E-state index contributed by atoms with van der Waals surface area (Å²) in [7, 11) is 0. The Bertz CT molecular complexity index is 586. The van der Waals surface area contributed by atoms with Gasteiger partial charge in [0.15, 0.2) is 11.6 Å². The van der Waals surface area contributed by atoms with Gasteiger partial charge < -0.3 is 4.90 Å². The van der Waals surface area contributed by atoms with Crippen LogP contribution in [0.1, 0.15) is 37.0 Å². The highest BCUT2D eigenvalue weighted by atomic mass is 19.2. The van der Waals surface area contributed by atoms with Crippen LogP contribution in [0.25, 0.3) is 0 Å². The van der Waals surface area contributed by atoms with Crippen molar-refractivity contribution in [2.45, 2.75) is 32.7 Å². The summed E-state index contributed by atoms with van der Waals surface area (Å²) in [5, 5.41) is 11.0. The van der Waals surface area contributed by atoms with E-state index in [9.17, 15) is 23.7 Å². The van der Waals surface area contributed by atoms with Gasteiger partial charge in [-0.05, 0) is 24.8 Å². The molecular weight excluding hydrogens is 282 g/mol. The smallest absolute Gasteiger partial charge is 0.285 e. The number of hydrogen-bond donors (Lipinski definition) is 0. The van der Waals surface area contributed by atoms with Gasteiger partial charge in [0.25, 0.3) is 11.6 Å². The van der Waals surface area contributed by atoms with Gasteiger partial charge >= 0.3 is 0 Å². The second kappa shape index (κ2) is 5.75. The van der Waals surface area contributed by atoms with Crippen molar-refractivity contribution in [2.75, 3.05) is 6.54 Å². The minimum Gasteiger partial charge on any atom is -0.335 e. The maximum atomic E-state index is 13.4. The van der Waals surface area contributed by atoms with E-state index >= 15 is 0 Å². The van der Waals surface area contributed by atoms with E-state index in [0.717, 1.165) is 12.8 Å². The van der Waals surface area contributed by atoms with Crippen molar-refractivity contribution >= 4 is 11.6 Å². The van der Waals surface area contributed by atoms with Crippen LogP contribution in [0.4, 0.5) is 14.5 Å². The molecule has 21 heavy (non-hydrogen) atoms. The first kappa shape index (κ1) is 15.3. The summed E-state index contributed by atoms with van der Waals surface area (Å²) in [5.74, 6) is -3.03. The Balaban J connectivity index is 2.41. The second-order valence-electron chi connectivity index (χ2n) is 5.62. The molecule has 1 aromatic carbocycles. The molecule has 0 bridgehead atoms. The third-order valence-corrected chi connectivity index (χ3v) is 3.28. The number of amides is 1. The zero-order chi connectivity index (χ0) is 15.7. The number of nitro benzene ring substituents is 1. The number of carbonyl (C=O) groups is 1. The first-order valence-corrected chi connectivity index (χ1v) is 6.75. The molecule has 0 unspecified atom stereocenters. The summed E-state index contributed by atoms with van der Waals surface area (Å²) in [6.45, 7) is 4.27. The van der Waals surface area contributed by atoms with E-state index < -0.39 is 33.7 Å². The van der Waals surface area contributed by atoms with E-state index in [0.29, 0.717) is 18.7 Å². The molecule has 0 N–H and O–H groups in total. The monoisotopic (exact) mass is 298 g/mol. The van der Waals surface area contributed by atoms with E-state index in [1.165, 1.54) is 4.90 Å². The molecule has 0 aliphatic heterocycles. The first-order valence-electron chi connectivity index (χ1n) is 6.75.